The van der Waals surface area contributed by atoms with Crippen LogP contribution in [0.2, 0.25) is 0 Å². The lowest BCUT2D eigenvalue weighted by Crippen LogP contribution is -2.19. The van der Waals surface area contributed by atoms with E-state index in [0.29, 0.717) is 5.52 Å². The molecule has 3 rings (SSSR count). The second-order valence-corrected chi connectivity index (χ2v) is 6.54. The zero-order valence-electron chi connectivity index (χ0n) is 12.3. The minimum Gasteiger partial charge on any atom is -0.384 e. The Bertz CT molecular complexity index is 934. The molecule has 0 amide bonds. The monoisotopic (exact) mass is 320 g/mol. The molecular weight excluding hydrogens is 304 g/mol. The first kappa shape index (κ1) is 14.6. The Morgan fingerprint density at radius 1 is 1.32 bits per heavy atom. The molecule has 8 heteroatoms. The molecule has 7 nitrogen and oxygen atoms in total. The molecule has 3 aromatic rings. The van der Waals surface area contributed by atoms with Gasteiger partial charge in [0.1, 0.15) is 5.52 Å². The Balaban J connectivity index is 2.29. The second-order valence-electron chi connectivity index (χ2n) is 4.98. The van der Waals surface area contributed by atoms with Crippen molar-refractivity contribution < 1.29 is 12.7 Å². The van der Waals surface area contributed by atoms with Gasteiger partial charge >= 0.3 is 10.1 Å². The van der Waals surface area contributed by atoms with Gasteiger partial charge in [0.15, 0.2) is 0 Å². The molecule has 116 valence electrons. The molecule has 2 aromatic heterocycles. The quantitative estimate of drug-likeness (QED) is 0.771. The number of hydrogen-bond donors (Lipinski definition) is 1. The number of fused-ring (bicyclic) bond motifs is 3. The third kappa shape index (κ3) is 2.69. The average molecular weight is 320 g/mol. The molecule has 0 spiro atoms. The number of pyridine rings is 1. The van der Waals surface area contributed by atoms with Crippen molar-refractivity contribution in [3.63, 3.8) is 0 Å². The Morgan fingerprint density at radius 3 is 2.86 bits per heavy atom. The maximum atomic E-state index is 11.4. The molecule has 0 aliphatic carbocycles. The Morgan fingerprint density at radius 2 is 2.14 bits per heavy atom. The van der Waals surface area contributed by atoms with E-state index in [2.05, 4.69) is 22.3 Å². The van der Waals surface area contributed by atoms with Gasteiger partial charge in [-0.1, -0.05) is 11.8 Å². The zero-order chi connectivity index (χ0) is 15.7. The Labute approximate surface area is 128 Å². The Hall–Kier alpha value is -2.35. The van der Waals surface area contributed by atoms with Crippen LogP contribution in [0.3, 0.4) is 0 Å². The first-order valence-electron chi connectivity index (χ1n) is 6.89. The van der Waals surface area contributed by atoms with Gasteiger partial charge in [0.25, 0.3) is 0 Å². The van der Waals surface area contributed by atoms with Gasteiger partial charge in [0, 0.05) is 23.8 Å². The predicted molar refractivity (Wildman–Crippen MR) is 85.2 cm³/mol. The number of nitrogens with zero attached hydrogens (tertiary/aromatic N) is 3. The highest BCUT2D eigenvalue weighted by atomic mass is 32.2. The first-order valence-corrected chi connectivity index (χ1v) is 8.70. The summed E-state index contributed by atoms with van der Waals surface area (Å²) in [4.78, 5) is 5.36. The molecule has 1 aromatic carbocycles. The van der Waals surface area contributed by atoms with E-state index in [1.165, 1.54) is 0 Å². The second kappa shape index (κ2) is 5.45. The highest BCUT2D eigenvalue weighted by Gasteiger charge is 2.15. The largest absolute Gasteiger partial charge is 0.384 e. The summed E-state index contributed by atoms with van der Waals surface area (Å²) in [5, 5.41) is 8.90. The van der Waals surface area contributed by atoms with Crippen molar-refractivity contribution in [1.29, 1.82) is 0 Å². The molecule has 0 aliphatic rings. The standard InChI is InChI=1S/C14H16N4O3S/c1-3-7-15-12-6-8-16-11-5-4-10-9-17-18(14(10)13(11)12)21-22(2,19)20/h4-6,8-9H,3,7H2,1-2H3,(H,15,16). The van der Waals surface area contributed by atoms with Crippen molar-refractivity contribution in [2.75, 3.05) is 18.1 Å². The lowest BCUT2D eigenvalue weighted by atomic mass is 10.1. The number of hydrogen-bond acceptors (Lipinski definition) is 6. The number of rotatable bonds is 5. The predicted octanol–water partition coefficient (Wildman–Crippen LogP) is 1.79. The van der Waals surface area contributed by atoms with E-state index in [4.69, 9.17) is 4.28 Å². The van der Waals surface area contributed by atoms with Gasteiger partial charge in [-0.05, 0) is 24.6 Å². The van der Waals surface area contributed by atoms with E-state index in [9.17, 15) is 8.42 Å². The molecule has 0 radical (unpaired) electrons. The zero-order valence-corrected chi connectivity index (χ0v) is 13.1. The van der Waals surface area contributed by atoms with E-state index in [1.54, 1.807) is 12.4 Å². The highest BCUT2D eigenvalue weighted by Crippen LogP contribution is 2.29. The number of aromatic nitrogens is 3. The van der Waals surface area contributed by atoms with Gasteiger partial charge in [-0.25, -0.2) is 0 Å². The molecule has 0 bridgehead atoms. The summed E-state index contributed by atoms with van der Waals surface area (Å²) >= 11 is 0. The van der Waals surface area contributed by atoms with Crippen molar-refractivity contribution >= 4 is 37.6 Å². The molecule has 0 saturated carbocycles. The third-order valence-corrected chi connectivity index (χ3v) is 3.59. The average Bonchev–Trinajstić information content (AvgIpc) is 2.86. The van der Waals surface area contributed by atoms with Gasteiger partial charge in [-0.15, -0.1) is 5.10 Å². The number of nitrogens with one attached hydrogen (secondary N) is 1. The van der Waals surface area contributed by atoms with Gasteiger partial charge in [-0.2, -0.15) is 8.42 Å². The molecule has 1 N–H and O–H groups in total. The topological polar surface area (TPSA) is 86.1 Å². The molecule has 22 heavy (non-hydrogen) atoms. The Kier molecular flexibility index (Phi) is 3.61. The van der Waals surface area contributed by atoms with Gasteiger partial charge in [0.05, 0.1) is 23.4 Å². The maximum absolute atomic E-state index is 11.4. The first-order chi connectivity index (χ1) is 10.5. The number of anilines is 1. The molecule has 2 heterocycles. The minimum absolute atomic E-state index is 0.578. The van der Waals surface area contributed by atoms with Gasteiger partial charge < -0.3 is 5.32 Å². The van der Waals surface area contributed by atoms with Crippen LogP contribution in [-0.2, 0) is 10.1 Å². The molecule has 0 atom stereocenters. The molecule has 0 unspecified atom stereocenters. The van der Waals surface area contributed by atoms with Crippen LogP contribution in [0.4, 0.5) is 5.69 Å². The van der Waals surface area contributed by atoms with Crippen LogP contribution in [0.5, 0.6) is 0 Å². The fourth-order valence-corrected chi connectivity index (χ4v) is 2.69. The van der Waals surface area contributed by atoms with Crippen LogP contribution in [0.15, 0.2) is 30.6 Å². The van der Waals surface area contributed by atoms with E-state index < -0.39 is 10.1 Å². The van der Waals surface area contributed by atoms with Crippen molar-refractivity contribution in [3.8, 4) is 0 Å². The SMILES string of the molecule is CCCNc1ccnc2ccc3cnn(OS(C)(=O)=O)c3c12. The van der Waals surface area contributed by atoms with Crippen molar-refractivity contribution in [2.24, 2.45) is 0 Å². The lowest BCUT2D eigenvalue weighted by molar-refractivity contribution is 0.256. The summed E-state index contributed by atoms with van der Waals surface area (Å²) in [7, 11) is -3.68. The molecule has 0 saturated heterocycles. The highest BCUT2D eigenvalue weighted by molar-refractivity contribution is 7.86. The van der Waals surface area contributed by atoms with Crippen molar-refractivity contribution in [2.45, 2.75) is 13.3 Å². The molecule has 0 fully saturated rings. The van der Waals surface area contributed by atoms with Crippen molar-refractivity contribution in [1.82, 2.24) is 14.9 Å². The smallest absolute Gasteiger partial charge is 0.325 e. The molecule has 0 aliphatic heterocycles. The summed E-state index contributed by atoms with van der Waals surface area (Å²) in [6.07, 6.45) is 5.24. The summed E-state index contributed by atoms with van der Waals surface area (Å²) < 4.78 is 27.8. The number of benzene rings is 1. The molecular formula is C14H16N4O3S. The van der Waals surface area contributed by atoms with Crippen LogP contribution < -0.4 is 9.60 Å². The van der Waals surface area contributed by atoms with E-state index >= 15 is 0 Å². The van der Waals surface area contributed by atoms with Crippen LogP contribution in [-0.4, -0.2) is 36.1 Å². The fraction of sp³-hybridized carbons (Fsp3) is 0.286. The lowest BCUT2D eigenvalue weighted by Gasteiger charge is -2.10. The summed E-state index contributed by atoms with van der Waals surface area (Å²) in [5.41, 5.74) is 2.19. The third-order valence-electron chi connectivity index (χ3n) is 3.18. The van der Waals surface area contributed by atoms with Crippen LogP contribution >= 0.6 is 0 Å². The van der Waals surface area contributed by atoms with Crippen LogP contribution in [0.1, 0.15) is 13.3 Å². The van der Waals surface area contributed by atoms with Crippen LogP contribution in [0, 0.1) is 0 Å². The van der Waals surface area contributed by atoms with Crippen LogP contribution in [0.25, 0.3) is 21.8 Å². The maximum Gasteiger partial charge on any atom is 0.325 e. The summed E-state index contributed by atoms with van der Waals surface area (Å²) in [5.74, 6) is 0. The van der Waals surface area contributed by atoms with E-state index in [0.717, 1.165) is 46.0 Å². The van der Waals surface area contributed by atoms with Gasteiger partial charge in [0.2, 0.25) is 0 Å². The van der Waals surface area contributed by atoms with Crippen molar-refractivity contribution in [3.05, 3.63) is 30.6 Å². The normalized spacial score (nSPS) is 11.9. The fourth-order valence-electron chi connectivity index (χ4n) is 2.32. The summed E-state index contributed by atoms with van der Waals surface area (Å²) in [6, 6.07) is 5.57. The van der Waals surface area contributed by atoms with Gasteiger partial charge in [-0.3, -0.25) is 9.27 Å². The summed E-state index contributed by atoms with van der Waals surface area (Å²) in [6.45, 7) is 2.87. The minimum atomic E-state index is -3.68. The van der Waals surface area contributed by atoms with E-state index in [-0.39, 0.29) is 0 Å². The van der Waals surface area contributed by atoms with E-state index in [1.807, 2.05) is 18.2 Å².